The lowest BCUT2D eigenvalue weighted by atomic mass is 9.78. The van der Waals surface area contributed by atoms with E-state index in [1.807, 2.05) is 30.3 Å². The van der Waals surface area contributed by atoms with Gasteiger partial charge in [-0.3, -0.25) is 4.79 Å². The molecule has 3 atom stereocenters. The van der Waals surface area contributed by atoms with Crippen LogP contribution >= 0.6 is 0 Å². The average molecular weight is 258 g/mol. The zero-order valence-corrected chi connectivity index (χ0v) is 11.0. The van der Waals surface area contributed by atoms with E-state index in [4.69, 9.17) is 9.47 Å². The molecule has 3 unspecified atom stereocenters. The van der Waals surface area contributed by atoms with E-state index in [2.05, 4.69) is 0 Å². The Bertz CT molecular complexity index is 492. The van der Waals surface area contributed by atoms with Crippen molar-refractivity contribution in [3.05, 3.63) is 42.2 Å². The molecule has 1 aromatic carbocycles. The molecule has 1 aliphatic heterocycles. The number of benzene rings is 1. The van der Waals surface area contributed by atoms with Crippen molar-refractivity contribution in [2.75, 3.05) is 7.11 Å². The monoisotopic (exact) mass is 258 g/mol. The third-order valence-corrected chi connectivity index (χ3v) is 4.12. The largest absolute Gasteiger partial charge is 0.496 e. The van der Waals surface area contributed by atoms with Crippen LogP contribution in [-0.2, 0) is 14.3 Å². The number of allylic oxidation sites excluding steroid dienone is 1. The predicted molar refractivity (Wildman–Crippen MR) is 72.4 cm³/mol. The smallest absolute Gasteiger partial charge is 0.173 e. The van der Waals surface area contributed by atoms with E-state index in [-0.39, 0.29) is 23.9 Å². The molecule has 0 bridgehead atoms. The first-order valence-electron chi connectivity index (χ1n) is 6.77. The maximum Gasteiger partial charge on any atom is 0.173 e. The molecule has 0 spiro atoms. The maximum absolute atomic E-state index is 12.6. The Labute approximate surface area is 113 Å². The second-order valence-corrected chi connectivity index (χ2v) is 5.21. The number of Topliss-reactive ketones (excluding diaryl/α,β-unsaturated/α-hetero) is 1. The standard InChI is InChI=1S/C16H18O3/c1-18-12-7-8-13-15(9-12)19-10-14(16(13)17)11-5-3-2-4-6-11/h2-6,10,12-13,15H,7-9H2,1H3. The van der Waals surface area contributed by atoms with E-state index in [0.717, 1.165) is 24.8 Å². The summed E-state index contributed by atoms with van der Waals surface area (Å²) >= 11 is 0. The second-order valence-electron chi connectivity index (χ2n) is 5.21. The molecular weight excluding hydrogens is 240 g/mol. The molecule has 3 rings (SSSR count). The Hall–Kier alpha value is -1.61. The summed E-state index contributed by atoms with van der Waals surface area (Å²) in [6, 6.07) is 9.74. The van der Waals surface area contributed by atoms with Crippen molar-refractivity contribution in [2.45, 2.75) is 31.5 Å². The molecule has 1 fully saturated rings. The number of ether oxygens (including phenoxy) is 2. The van der Waals surface area contributed by atoms with Gasteiger partial charge in [0.05, 0.1) is 23.9 Å². The van der Waals surface area contributed by atoms with Gasteiger partial charge in [0.25, 0.3) is 0 Å². The summed E-state index contributed by atoms with van der Waals surface area (Å²) in [5.74, 6) is 0.212. The minimum Gasteiger partial charge on any atom is -0.496 e. The van der Waals surface area contributed by atoms with Crippen LogP contribution in [-0.4, -0.2) is 25.1 Å². The highest BCUT2D eigenvalue weighted by atomic mass is 16.5. The number of methoxy groups -OCH3 is 1. The van der Waals surface area contributed by atoms with Gasteiger partial charge in [0.15, 0.2) is 5.78 Å². The fourth-order valence-corrected chi connectivity index (χ4v) is 3.00. The van der Waals surface area contributed by atoms with Crippen LogP contribution in [0.25, 0.3) is 5.57 Å². The molecule has 19 heavy (non-hydrogen) atoms. The molecule has 3 heteroatoms. The van der Waals surface area contributed by atoms with E-state index in [1.165, 1.54) is 0 Å². The fraction of sp³-hybridized carbons (Fsp3) is 0.438. The third kappa shape index (κ3) is 2.30. The van der Waals surface area contributed by atoms with Crippen molar-refractivity contribution >= 4 is 11.4 Å². The van der Waals surface area contributed by atoms with Crippen molar-refractivity contribution in [2.24, 2.45) is 5.92 Å². The molecule has 0 N–H and O–H groups in total. The molecular formula is C16H18O3. The maximum atomic E-state index is 12.6. The van der Waals surface area contributed by atoms with Crippen LogP contribution in [0.3, 0.4) is 0 Å². The lowest BCUT2D eigenvalue weighted by Gasteiger charge is -2.37. The van der Waals surface area contributed by atoms with Gasteiger partial charge in [0.1, 0.15) is 6.10 Å². The molecule has 1 heterocycles. The summed E-state index contributed by atoms with van der Waals surface area (Å²) in [5, 5.41) is 0. The van der Waals surface area contributed by atoms with E-state index >= 15 is 0 Å². The Kier molecular flexibility index (Phi) is 3.38. The van der Waals surface area contributed by atoms with Crippen molar-refractivity contribution in [1.29, 1.82) is 0 Å². The second kappa shape index (κ2) is 5.17. The molecule has 0 radical (unpaired) electrons. The van der Waals surface area contributed by atoms with Crippen LogP contribution in [0.5, 0.6) is 0 Å². The zero-order valence-electron chi connectivity index (χ0n) is 11.0. The van der Waals surface area contributed by atoms with Crippen LogP contribution in [0.1, 0.15) is 24.8 Å². The van der Waals surface area contributed by atoms with Crippen molar-refractivity contribution in [1.82, 2.24) is 0 Å². The number of hydrogen-bond acceptors (Lipinski definition) is 3. The van der Waals surface area contributed by atoms with Crippen LogP contribution in [0.15, 0.2) is 36.6 Å². The van der Waals surface area contributed by atoms with Gasteiger partial charge in [-0.05, 0) is 18.4 Å². The summed E-state index contributed by atoms with van der Waals surface area (Å²) in [5.41, 5.74) is 1.65. The molecule has 0 aromatic heterocycles. The molecule has 2 aliphatic rings. The summed E-state index contributed by atoms with van der Waals surface area (Å²) < 4.78 is 11.2. The topological polar surface area (TPSA) is 35.5 Å². The van der Waals surface area contributed by atoms with Gasteiger partial charge in [0.2, 0.25) is 0 Å². The summed E-state index contributed by atoms with van der Waals surface area (Å²) in [7, 11) is 1.72. The Morgan fingerprint density at radius 3 is 2.74 bits per heavy atom. The molecule has 0 amide bonds. The van der Waals surface area contributed by atoms with E-state index < -0.39 is 0 Å². The zero-order chi connectivity index (χ0) is 13.2. The molecule has 1 aromatic rings. The first-order chi connectivity index (χ1) is 9.29. The highest BCUT2D eigenvalue weighted by molar-refractivity contribution is 6.22. The number of hydrogen-bond donors (Lipinski definition) is 0. The normalized spacial score (nSPS) is 30.3. The van der Waals surface area contributed by atoms with Crippen molar-refractivity contribution < 1.29 is 14.3 Å². The number of carbonyl (C=O) groups excluding carboxylic acids is 1. The number of ketones is 1. The summed E-state index contributed by atoms with van der Waals surface area (Å²) in [4.78, 5) is 12.6. The predicted octanol–water partition coefficient (Wildman–Crippen LogP) is 2.81. The van der Waals surface area contributed by atoms with Gasteiger partial charge in [-0.2, -0.15) is 0 Å². The number of rotatable bonds is 2. The van der Waals surface area contributed by atoms with Crippen molar-refractivity contribution in [3.63, 3.8) is 0 Å². The molecule has 3 nitrogen and oxygen atoms in total. The van der Waals surface area contributed by atoms with E-state index in [1.54, 1.807) is 13.4 Å². The molecule has 1 saturated carbocycles. The van der Waals surface area contributed by atoms with Crippen LogP contribution in [0.4, 0.5) is 0 Å². The van der Waals surface area contributed by atoms with Crippen LogP contribution in [0.2, 0.25) is 0 Å². The quantitative estimate of drug-likeness (QED) is 0.818. The van der Waals surface area contributed by atoms with Crippen LogP contribution in [0, 0.1) is 5.92 Å². The highest BCUT2D eigenvalue weighted by Gasteiger charge is 2.40. The van der Waals surface area contributed by atoms with Gasteiger partial charge in [-0.1, -0.05) is 30.3 Å². The first-order valence-corrected chi connectivity index (χ1v) is 6.77. The Morgan fingerprint density at radius 2 is 2.00 bits per heavy atom. The van der Waals surface area contributed by atoms with Gasteiger partial charge in [-0.15, -0.1) is 0 Å². The van der Waals surface area contributed by atoms with Gasteiger partial charge >= 0.3 is 0 Å². The van der Waals surface area contributed by atoms with Gasteiger partial charge in [-0.25, -0.2) is 0 Å². The minimum atomic E-state index is -0.0151. The summed E-state index contributed by atoms with van der Waals surface area (Å²) in [6.07, 6.45) is 4.45. The van der Waals surface area contributed by atoms with E-state index in [0.29, 0.717) is 5.57 Å². The van der Waals surface area contributed by atoms with Crippen molar-refractivity contribution in [3.8, 4) is 0 Å². The number of carbonyl (C=O) groups is 1. The lowest BCUT2D eigenvalue weighted by molar-refractivity contribution is -0.127. The molecule has 100 valence electrons. The SMILES string of the molecule is COC1CCC2C(=O)C(c3ccccc3)=COC2C1. The Morgan fingerprint density at radius 1 is 1.21 bits per heavy atom. The number of fused-ring (bicyclic) bond motifs is 1. The van der Waals surface area contributed by atoms with Gasteiger partial charge in [0, 0.05) is 13.5 Å². The lowest BCUT2D eigenvalue weighted by Crippen LogP contribution is -2.41. The first kappa shape index (κ1) is 12.4. The summed E-state index contributed by atoms with van der Waals surface area (Å²) in [6.45, 7) is 0. The third-order valence-electron chi connectivity index (χ3n) is 4.12. The molecule has 1 aliphatic carbocycles. The Balaban J connectivity index is 1.84. The molecule has 0 saturated heterocycles. The van der Waals surface area contributed by atoms with Crippen LogP contribution < -0.4 is 0 Å². The minimum absolute atomic E-state index is 0.00777. The van der Waals surface area contributed by atoms with Gasteiger partial charge < -0.3 is 9.47 Å². The highest BCUT2D eigenvalue weighted by Crippen LogP contribution is 2.36. The van der Waals surface area contributed by atoms with E-state index in [9.17, 15) is 4.79 Å². The average Bonchev–Trinajstić information content (AvgIpc) is 2.48. The fourth-order valence-electron chi connectivity index (χ4n) is 3.00.